The molecule has 7 nitrogen and oxygen atoms in total. The maximum Gasteiger partial charge on any atom is 0.261 e. The van der Waals surface area contributed by atoms with E-state index in [1.165, 1.54) is 18.2 Å². The van der Waals surface area contributed by atoms with Gasteiger partial charge < -0.3 is 14.7 Å². The van der Waals surface area contributed by atoms with Crippen molar-refractivity contribution in [3.63, 3.8) is 0 Å². The molecule has 0 atom stereocenters. The minimum Gasteiger partial charge on any atom is -0.360 e. The largest absolute Gasteiger partial charge is 0.360 e. The number of benzene rings is 1. The molecule has 0 unspecified atom stereocenters. The topological polar surface area (TPSA) is 76.2 Å². The van der Waals surface area contributed by atoms with Gasteiger partial charge in [0.2, 0.25) is 0 Å². The molecule has 2 aromatic heterocycles. The molecule has 3 aromatic rings. The second-order valence-corrected chi connectivity index (χ2v) is 6.72. The average molecular weight is 392 g/mol. The van der Waals surface area contributed by atoms with Crippen molar-refractivity contribution in [1.29, 1.82) is 0 Å². The molecule has 0 bridgehead atoms. The maximum atomic E-state index is 14.3. The number of hydrogen-bond donors (Lipinski definition) is 1. The van der Waals surface area contributed by atoms with Gasteiger partial charge in [0.05, 0.1) is 29.0 Å². The van der Waals surface area contributed by atoms with E-state index in [9.17, 15) is 9.18 Å². The Bertz CT molecular complexity index is 946. The van der Waals surface area contributed by atoms with Gasteiger partial charge in [0, 0.05) is 12.7 Å². The normalized spacial score (nSPS) is 11.2. The Kier molecular flexibility index (Phi) is 5.57. The summed E-state index contributed by atoms with van der Waals surface area (Å²) in [5, 5.41) is 10.9. The average Bonchev–Trinajstić information content (AvgIpc) is 3.19. The molecule has 1 aromatic carbocycles. The molecule has 27 heavy (non-hydrogen) atoms. The number of carbonyl (C=O) groups excluding carboxylic acids is 1. The van der Waals surface area contributed by atoms with Crippen LogP contribution < -0.4 is 5.32 Å². The minimum atomic E-state index is -0.582. The van der Waals surface area contributed by atoms with Crippen LogP contribution in [-0.2, 0) is 6.54 Å². The molecule has 0 saturated heterocycles. The van der Waals surface area contributed by atoms with Crippen molar-refractivity contribution in [3.05, 3.63) is 52.8 Å². The fourth-order valence-corrected chi connectivity index (χ4v) is 2.83. The van der Waals surface area contributed by atoms with Crippen molar-refractivity contribution >= 4 is 23.2 Å². The number of likely N-dealkylation sites (N-methyl/N-ethyl adjacent to an activating group) is 1. The van der Waals surface area contributed by atoms with Crippen molar-refractivity contribution in [1.82, 2.24) is 19.8 Å². The monoisotopic (exact) mass is 391 g/mol. The molecular formula is C18H19ClFN5O2. The molecule has 0 aliphatic carbocycles. The first-order valence-corrected chi connectivity index (χ1v) is 8.64. The number of nitrogens with one attached hydrogen (secondary N) is 1. The third-order valence-corrected chi connectivity index (χ3v) is 4.27. The zero-order chi connectivity index (χ0) is 19.6. The van der Waals surface area contributed by atoms with E-state index in [2.05, 4.69) is 15.6 Å². The summed E-state index contributed by atoms with van der Waals surface area (Å²) >= 11 is 6.10. The van der Waals surface area contributed by atoms with Gasteiger partial charge in [-0.3, -0.25) is 9.48 Å². The van der Waals surface area contributed by atoms with Crippen LogP contribution in [0.25, 0.3) is 11.3 Å². The lowest BCUT2D eigenvalue weighted by Gasteiger charge is -2.08. The number of halogens is 2. The third kappa shape index (κ3) is 4.17. The van der Waals surface area contributed by atoms with E-state index in [0.717, 1.165) is 6.54 Å². The summed E-state index contributed by atoms with van der Waals surface area (Å²) < 4.78 is 21.1. The summed E-state index contributed by atoms with van der Waals surface area (Å²) in [6, 6.07) is 4.26. The van der Waals surface area contributed by atoms with Crippen LogP contribution in [0.5, 0.6) is 0 Å². The molecule has 0 aliphatic heterocycles. The molecule has 9 heteroatoms. The Morgan fingerprint density at radius 1 is 1.41 bits per heavy atom. The van der Waals surface area contributed by atoms with Crippen molar-refractivity contribution in [2.24, 2.45) is 0 Å². The van der Waals surface area contributed by atoms with Gasteiger partial charge in [0.1, 0.15) is 22.8 Å². The second-order valence-electron chi connectivity index (χ2n) is 6.31. The number of carbonyl (C=O) groups is 1. The highest BCUT2D eigenvalue weighted by Gasteiger charge is 2.25. The summed E-state index contributed by atoms with van der Waals surface area (Å²) in [5.41, 5.74) is 0.740. The maximum absolute atomic E-state index is 14.3. The second kappa shape index (κ2) is 7.89. The summed E-state index contributed by atoms with van der Waals surface area (Å²) in [6.07, 6.45) is 3.27. The first-order valence-electron chi connectivity index (χ1n) is 8.26. The lowest BCUT2D eigenvalue weighted by molar-refractivity contribution is 0.102. The van der Waals surface area contributed by atoms with Gasteiger partial charge in [0.15, 0.2) is 0 Å². The first kappa shape index (κ1) is 19.1. The first-order chi connectivity index (χ1) is 12.9. The van der Waals surface area contributed by atoms with Crippen molar-refractivity contribution in [2.45, 2.75) is 13.5 Å². The quantitative estimate of drug-likeness (QED) is 0.696. The summed E-state index contributed by atoms with van der Waals surface area (Å²) in [4.78, 5) is 14.8. The summed E-state index contributed by atoms with van der Waals surface area (Å²) in [6.45, 7) is 3.08. The van der Waals surface area contributed by atoms with Crippen molar-refractivity contribution < 1.29 is 13.7 Å². The van der Waals surface area contributed by atoms with Crippen LogP contribution in [0.1, 0.15) is 16.1 Å². The van der Waals surface area contributed by atoms with Crippen LogP contribution in [-0.4, -0.2) is 46.4 Å². The molecule has 0 aliphatic rings. The predicted octanol–water partition coefficient (Wildman–Crippen LogP) is 3.45. The molecule has 0 fully saturated rings. The summed E-state index contributed by atoms with van der Waals surface area (Å²) in [5.74, 6) is -0.793. The Morgan fingerprint density at radius 3 is 2.89 bits per heavy atom. The van der Waals surface area contributed by atoms with Crippen molar-refractivity contribution in [2.75, 3.05) is 26.0 Å². The Hall–Kier alpha value is -2.71. The van der Waals surface area contributed by atoms with Gasteiger partial charge in [-0.25, -0.2) is 4.39 Å². The smallest absolute Gasteiger partial charge is 0.261 e. The fourth-order valence-electron chi connectivity index (χ4n) is 2.58. The lowest BCUT2D eigenvalue weighted by Crippen LogP contribution is -2.18. The fraction of sp³-hybridized carbons (Fsp3) is 0.278. The number of aryl methyl sites for hydroxylation is 1. The van der Waals surface area contributed by atoms with Crippen molar-refractivity contribution in [3.8, 4) is 11.3 Å². The van der Waals surface area contributed by atoms with E-state index in [1.54, 1.807) is 24.0 Å². The highest BCUT2D eigenvalue weighted by Crippen LogP contribution is 2.33. The zero-order valence-corrected chi connectivity index (χ0v) is 15.9. The van der Waals surface area contributed by atoms with E-state index < -0.39 is 11.7 Å². The lowest BCUT2D eigenvalue weighted by atomic mass is 10.0. The van der Waals surface area contributed by atoms with Crippen LogP contribution in [0, 0.1) is 12.7 Å². The SMILES string of the molecule is Cc1onc(-c2c(F)cccc2Cl)c1C(=O)Nc1cnn(CCN(C)C)c1. The van der Waals surface area contributed by atoms with E-state index in [4.69, 9.17) is 16.1 Å². The predicted molar refractivity (Wildman–Crippen MR) is 100 cm³/mol. The Balaban J connectivity index is 1.85. The molecule has 0 saturated carbocycles. The molecular weight excluding hydrogens is 373 g/mol. The number of aromatic nitrogens is 3. The molecule has 142 valence electrons. The van der Waals surface area contributed by atoms with Gasteiger partial charge in [-0.05, 0) is 33.2 Å². The number of anilines is 1. The van der Waals surface area contributed by atoms with E-state index in [-0.39, 0.29) is 27.6 Å². The molecule has 1 amide bonds. The van der Waals surface area contributed by atoms with E-state index >= 15 is 0 Å². The number of amides is 1. The van der Waals surface area contributed by atoms with Crippen LogP contribution in [0.3, 0.4) is 0 Å². The number of nitrogens with zero attached hydrogens (tertiary/aromatic N) is 4. The summed E-state index contributed by atoms with van der Waals surface area (Å²) in [7, 11) is 3.94. The number of rotatable bonds is 6. The highest BCUT2D eigenvalue weighted by molar-refractivity contribution is 6.33. The Morgan fingerprint density at radius 2 is 2.19 bits per heavy atom. The zero-order valence-electron chi connectivity index (χ0n) is 15.2. The van der Waals surface area contributed by atoms with Gasteiger partial charge in [-0.1, -0.05) is 22.8 Å². The van der Waals surface area contributed by atoms with E-state index in [1.807, 2.05) is 19.0 Å². The number of hydrogen-bond acceptors (Lipinski definition) is 5. The third-order valence-electron chi connectivity index (χ3n) is 3.96. The molecule has 2 heterocycles. The Labute approximate surface area is 160 Å². The van der Waals surface area contributed by atoms with E-state index in [0.29, 0.717) is 12.2 Å². The highest BCUT2D eigenvalue weighted by atomic mass is 35.5. The molecule has 0 spiro atoms. The van der Waals surface area contributed by atoms with Gasteiger partial charge in [-0.2, -0.15) is 5.10 Å². The van der Waals surface area contributed by atoms with Crippen LogP contribution in [0.15, 0.2) is 35.1 Å². The van der Waals surface area contributed by atoms with Crippen LogP contribution in [0.4, 0.5) is 10.1 Å². The van der Waals surface area contributed by atoms with Gasteiger partial charge >= 0.3 is 0 Å². The van der Waals surface area contributed by atoms with Gasteiger partial charge in [0.25, 0.3) is 5.91 Å². The minimum absolute atomic E-state index is 0.0304. The standard InChI is InChI=1S/C18H19ClFN5O2/c1-11-15(17(23-27-11)16-13(19)5-4-6-14(16)20)18(26)22-12-9-21-25(10-12)8-7-24(2)3/h4-6,9-10H,7-8H2,1-3H3,(H,22,26). The molecule has 1 N–H and O–H groups in total. The van der Waals surface area contributed by atoms with Crippen LogP contribution in [0.2, 0.25) is 5.02 Å². The van der Waals surface area contributed by atoms with Gasteiger partial charge in [-0.15, -0.1) is 0 Å². The molecule has 3 rings (SSSR count). The van der Waals surface area contributed by atoms with Crippen LogP contribution >= 0.6 is 11.6 Å². The molecule has 0 radical (unpaired) electrons.